The van der Waals surface area contributed by atoms with Crippen LogP contribution in [0.3, 0.4) is 0 Å². The highest BCUT2D eigenvalue weighted by Gasteiger charge is 2.14. The van der Waals surface area contributed by atoms with Gasteiger partial charge in [0.15, 0.2) is 28.2 Å². The standard InChI is InChI=1S/C28H26FN3O4S/c1-17-4-6-18(7-5-17)8-11-27(33)32-28(37)31-19-9-10-24(21(29)14-19)36-23-12-13-30-22-16-26(35-3)25(34-2)15-20(22)23/h4-7,9-10,12-16H,8,11H2,1-3H3,(H2,31,32,33,37). The number of halogens is 1. The number of thiocarbonyl (C=S) groups is 1. The summed E-state index contributed by atoms with van der Waals surface area (Å²) in [6, 6.07) is 17.4. The van der Waals surface area contributed by atoms with Gasteiger partial charge in [0, 0.05) is 35.8 Å². The molecule has 37 heavy (non-hydrogen) atoms. The molecule has 4 rings (SSSR count). The summed E-state index contributed by atoms with van der Waals surface area (Å²) in [5, 5.41) is 6.18. The van der Waals surface area contributed by atoms with Gasteiger partial charge in [0.1, 0.15) is 5.75 Å². The highest BCUT2D eigenvalue weighted by molar-refractivity contribution is 7.80. The molecular formula is C28H26FN3O4S. The zero-order valence-corrected chi connectivity index (χ0v) is 21.4. The highest BCUT2D eigenvalue weighted by Crippen LogP contribution is 2.37. The summed E-state index contributed by atoms with van der Waals surface area (Å²) in [7, 11) is 3.07. The fourth-order valence-corrected chi connectivity index (χ4v) is 3.91. The Kier molecular flexibility index (Phi) is 8.15. The maximum Gasteiger partial charge on any atom is 0.226 e. The molecule has 0 fully saturated rings. The van der Waals surface area contributed by atoms with Gasteiger partial charge < -0.3 is 24.8 Å². The maximum atomic E-state index is 14.9. The Morgan fingerprint density at radius 1 is 0.946 bits per heavy atom. The second kappa shape index (κ2) is 11.7. The Labute approximate surface area is 219 Å². The van der Waals surface area contributed by atoms with E-state index < -0.39 is 5.82 Å². The second-order valence-corrected chi connectivity index (χ2v) is 8.68. The molecule has 0 bridgehead atoms. The number of methoxy groups -OCH3 is 2. The molecule has 7 nitrogen and oxygen atoms in total. The summed E-state index contributed by atoms with van der Waals surface area (Å²) in [5.41, 5.74) is 3.21. The van der Waals surface area contributed by atoms with E-state index in [1.165, 1.54) is 26.4 Å². The van der Waals surface area contributed by atoms with Crippen molar-refractivity contribution in [1.82, 2.24) is 10.3 Å². The number of hydrogen-bond donors (Lipinski definition) is 2. The molecule has 1 amide bonds. The predicted molar refractivity (Wildman–Crippen MR) is 145 cm³/mol. The number of amides is 1. The first-order valence-corrected chi connectivity index (χ1v) is 11.9. The largest absolute Gasteiger partial charge is 0.493 e. The molecule has 190 valence electrons. The Balaban J connectivity index is 1.39. The Bertz CT molecular complexity index is 1440. The summed E-state index contributed by atoms with van der Waals surface area (Å²) in [6.07, 6.45) is 2.44. The van der Waals surface area contributed by atoms with E-state index >= 15 is 0 Å². The first-order chi connectivity index (χ1) is 17.9. The maximum absolute atomic E-state index is 14.9. The molecule has 0 radical (unpaired) electrons. The van der Waals surface area contributed by atoms with Crippen LogP contribution >= 0.6 is 12.2 Å². The first-order valence-electron chi connectivity index (χ1n) is 11.5. The monoisotopic (exact) mass is 519 g/mol. The molecule has 0 atom stereocenters. The Hall–Kier alpha value is -4.24. The number of fused-ring (bicyclic) bond motifs is 1. The van der Waals surface area contributed by atoms with Crippen molar-refractivity contribution in [2.24, 2.45) is 0 Å². The van der Waals surface area contributed by atoms with Crippen molar-refractivity contribution >= 4 is 39.8 Å². The van der Waals surface area contributed by atoms with E-state index in [9.17, 15) is 9.18 Å². The van der Waals surface area contributed by atoms with Crippen LogP contribution in [0.1, 0.15) is 17.5 Å². The molecule has 4 aromatic rings. The van der Waals surface area contributed by atoms with Crippen molar-refractivity contribution in [1.29, 1.82) is 0 Å². The fraction of sp³-hybridized carbons (Fsp3) is 0.179. The van der Waals surface area contributed by atoms with Crippen molar-refractivity contribution in [3.8, 4) is 23.0 Å². The molecule has 0 unspecified atom stereocenters. The fourth-order valence-electron chi connectivity index (χ4n) is 3.68. The third-order valence-corrected chi connectivity index (χ3v) is 5.83. The molecule has 0 saturated carbocycles. The van der Waals surface area contributed by atoms with Gasteiger partial charge >= 0.3 is 0 Å². The van der Waals surface area contributed by atoms with Crippen molar-refractivity contribution in [2.45, 2.75) is 19.8 Å². The lowest BCUT2D eigenvalue weighted by Crippen LogP contribution is -2.34. The number of hydrogen-bond acceptors (Lipinski definition) is 6. The molecule has 0 saturated heterocycles. The number of anilines is 1. The van der Waals surface area contributed by atoms with E-state index in [0.717, 1.165) is 11.1 Å². The molecule has 0 aliphatic heterocycles. The zero-order valence-electron chi connectivity index (χ0n) is 20.6. The molecule has 0 spiro atoms. The number of aromatic nitrogens is 1. The number of aryl methyl sites for hydroxylation is 2. The quantitative estimate of drug-likeness (QED) is 0.279. The topological polar surface area (TPSA) is 81.7 Å². The van der Waals surface area contributed by atoms with Crippen LogP contribution in [0.5, 0.6) is 23.0 Å². The normalized spacial score (nSPS) is 10.6. The second-order valence-electron chi connectivity index (χ2n) is 8.27. The molecule has 1 aromatic heterocycles. The van der Waals surface area contributed by atoms with Crippen molar-refractivity contribution in [3.05, 3.63) is 83.8 Å². The summed E-state index contributed by atoms with van der Waals surface area (Å²) < 4.78 is 31.4. The van der Waals surface area contributed by atoms with Crippen LogP contribution < -0.4 is 24.8 Å². The minimum Gasteiger partial charge on any atom is -0.493 e. The molecule has 1 heterocycles. The van der Waals surface area contributed by atoms with Crippen molar-refractivity contribution in [3.63, 3.8) is 0 Å². The lowest BCUT2D eigenvalue weighted by Gasteiger charge is -2.14. The van der Waals surface area contributed by atoms with Gasteiger partial charge in [-0.05, 0) is 55.4 Å². The first kappa shape index (κ1) is 25.8. The van der Waals surface area contributed by atoms with E-state index in [4.69, 9.17) is 26.4 Å². The molecule has 3 aromatic carbocycles. The summed E-state index contributed by atoms with van der Waals surface area (Å²) in [5.74, 6) is 0.614. The van der Waals surface area contributed by atoms with Crippen LogP contribution in [0.25, 0.3) is 10.9 Å². The van der Waals surface area contributed by atoms with Crippen LogP contribution in [0, 0.1) is 12.7 Å². The zero-order chi connectivity index (χ0) is 26.4. The third-order valence-electron chi connectivity index (χ3n) is 5.63. The SMILES string of the molecule is COc1cc2nccc(Oc3ccc(NC(=S)NC(=O)CCc4ccc(C)cc4)cc3F)c2cc1OC. The van der Waals surface area contributed by atoms with E-state index in [0.29, 0.717) is 40.3 Å². The van der Waals surface area contributed by atoms with E-state index in [-0.39, 0.29) is 23.2 Å². The van der Waals surface area contributed by atoms with Crippen LogP contribution in [0.4, 0.5) is 10.1 Å². The van der Waals surface area contributed by atoms with E-state index in [2.05, 4.69) is 15.6 Å². The molecule has 0 aliphatic rings. The number of benzene rings is 3. The number of nitrogens with zero attached hydrogens (tertiary/aromatic N) is 1. The molecular weight excluding hydrogens is 493 g/mol. The predicted octanol–water partition coefficient (Wildman–Crippen LogP) is 5.94. The Morgan fingerprint density at radius 3 is 2.38 bits per heavy atom. The van der Waals surface area contributed by atoms with Crippen LogP contribution in [0.2, 0.25) is 0 Å². The third kappa shape index (κ3) is 6.50. The van der Waals surface area contributed by atoms with Gasteiger partial charge in [-0.15, -0.1) is 0 Å². The summed E-state index contributed by atoms with van der Waals surface area (Å²) >= 11 is 5.21. The molecule has 2 N–H and O–H groups in total. The van der Waals surface area contributed by atoms with Gasteiger partial charge in [-0.3, -0.25) is 9.78 Å². The van der Waals surface area contributed by atoms with Crippen LogP contribution in [0.15, 0.2) is 66.9 Å². The lowest BCUT2D eigenvalue weighted by atomic mass is 10.1. The molecule has 0 aliphatic carbocycles. The average molecular weight is 520 g/mol. The van der Waals surface area contributed by atoms with Crippen LogP contribution in [-0.2, 0) is 11.2 Å². The van der Waals surface area contributed by atoms with Gasteiger partial charge in [-0.25, -0.2) is 4.39 Å². The number of ether oxygens (including phenoxy) is 3. The Morgan fingerprint density at radius 2 is 1.68 bits per heavy atom. The average Bonchev–Trinajstić information content (AvgIpc) is 2.89. The number of carbonyl (C=O) groups is 1. The van der Waals surface area contributed by atoms with Gasteiger partial charge in [0.05, 0.1) is 19.7 Å². The number of rotatable bonds is 8. The highest BCUT2D eigenvalue weighted by atomic mass is 32.1. The number of nitrogens with one attached hydrogen (secondary N) is 2. The molecule has 9 heteroatoms. The van der Waals surface area contributed by atoms with E-state index in [1.807, 2.05) is 31.2 Å². The van der Waals surface area contributed by atoms with Gasteiger partial charge in [-0.1, -0.05) is 29.8 Å². The van der Waals surface area contributed by atoms with Crippen molar-refractivity contribution < 1.29 is 23.4 Å². The summed E-state index contributed by atoms with van der Waals surface area (Å²) in [6.45, 7) is 2.01. The lowest BCUT2D eigenvalue weighted by molar-refractivity contribution is -0.119. The smallest absolute Gasteiger partial charge is 0.226 e. The van der Waals surface area contributed by atoms with Gasteiger partial charge in [0.2, 0.25) is 5.91 Å². The summed E-state index contributed by atoms with van der Waals surface area (Å²) in [4.78, 5) is 16.6. The van der Waals surface area contributed by atoms with Crippen LogP contribution in [-0.4, -0.2) is 30.2 Å². The van der Waals surface area contributed by atoms with Gasteiger partial charge in [-0.2, -0.15) is 0 Å². The van der Waals surface area contributed by atoms with Crippen molar-refractivity contribution in [2.75, 3.05) is 19.5 Å². The number of carbonyl (C=O) groups excluding carboxylic acids is 1. The van der Waals surface area contributed by atoms with E-state index in [1.54, 1.807) is 30.5 Å². The minimum absolute atomic E-state index is 0.0147. The minimum atomic E-state index is -0.607. The number of pyridine rings is 1. The van der Waals surface area contributed by atoms with Gasteiger partial charge in [0.25, 0.3) is 0 Å².